The minimum Gasteiger partial charge on any atom is -0.306 e. The van der Waals surface area contributed by atoms with E-state index >= 15 is 0 Å². The molecule has 0 saturated heterocycles. The van der Waals surface area contributed by atoms with E-state index < -0.39 is 0 Å². The third kappa shape index (κ3) is 2.02. The average molecular weight is 343 g/mol. The summed E-state index contributed by atoms with van der Waals surface area (Å²) in [6.07, 6.45) is 3.66. The van der Waals surface area contributed by atoms with Crippen molar-refractivity contribution >= 4 is 17.2 Å². The second-order valence-electron chi connectivity index (χ2n) is 6.42. The number of nitrogens with zero attached hydrogens (tertiary/aromatic N) is 3. The third-order valence-electron chi connectivity index (χ3n) is 4.96. The molecule has 0 aliphatic carbocycles. The molecule has 1 unspecified atom stereocenters. The van der Waals surface area contributed by atoms with Crippen molar-refractivity contribution in [1.82, 2.24) is 20.5 Å². The fraction of sp³-hybridized carbons (Fsp3) is 0.100. The SMILES string of the molecule is CN1C(c2ccccc2)C(c2cn[nH]c2)=C2NC(=O)c3ccccc3N21. The number of H-pyrrole nitrogens is 1. The van der Waals surface area contributed by atoms with Gasteiger partial charge >= 0.3 is 0 Å². The molecule has 2 aliphatic heterocycles. The van der Waals surface area contributed by atoms with E-state index in [4.69, 9.17) is 0 Å². The molecule has 0 radical (unpaired) electrons. The summed E-state index contributed by atoms with van der Waals surface area (Å²) in [4.78, 5) is 12.7. The molecule has 0 bridgehead atoms. The Bertz CT molecular complexity index is 1010. The Morgan fingerprint density at radius 1 is 1.04 bits per heavy atom. The second-order valence-corrected chi connectivity index (χ2v) is 6.42. The molecular weight excluding hydrogens is 326 g/mol. The van der Waals surface area contributed by atoms with Crippen molar-refractivity contribution in [1.29, 1.82) is 0 Å². The van der Waals surface area contributed by atoms with Crippen molar-refractivity contribution in [2.45, 2.75) is 6.04 Å². The quantitative estimate of drug-likeness (QED) is 0.751. The van der Waals surface area contributed by atoms with Crippen molar-refractivity contribution in [2.75, 3.05) is 12.1 Å². The van der Waals surface area contributed by atoms with Crippen LogP contribution >= 0.6 is 0 Å². The number of carbonyl (C=O) groups is 1. The number of nitrogens with one attached hydrogen (secondary N) is 2. The smallest absolute Gasteiger partial charge is 0.258 e. The molecule has 1 amide bonds. The van der Waals surface area contributed by atoms with Crippen molar-refractivity contribution in [3.63, 3.8) is 0 Å². The summed E-state index contributed by atoms with van der Waals surface area (Å²) in [5, 5.41) is 14.3. The van der Waals surface area contributed by atoms with Gasteiger partial charge in [-0.15, -0.1) is 0 Å². The number of rotatable bonds is 2. The van der Waals surface area contributed by atoms with Gasteiger partial charge in [-0.05, 0) is 17.7 Å². The highest BCUT2D eigenvalue weighted by atomic mass is 16.2. The largest absolute Gasteiger partial charge is 0.306 e. The van der Waals surface area contributed by atoms with Crippen LogP contribution in [-0.2, 0) is 0 Å². The standard InChI is InChI=1S/C20H17N5O/c1-24-18(13-7-3-2-4-8-13)17(14-11-21-22-12-14)19-23-20(26)15-9-5-6-10-16(15)25(19)24/h2-12,18H,1H3,(H,21,22)(H,23,26). The van der Waals surface area contributed by atoms with Gasteiger partial charge in [0.2, 0.25) is 0 Å². The molecule has 1 atom stereocenters. The van der Waals surface area contributed by atoms with Crippen molar-refractivity contribution in [2.24, 2.45) is 0 Å². The monoisotopic (exact) mass is 343 g/mol. The third-order valence-corrected chi connectivity index (χ3v) is 4.96. The highest BCUT2D eigenvalue weighted by Crippen LogP contribution is 2.47. The summed E-state index contributed by atoms with van der Waals surface area (Å²) in [7, 11) is 2.04. The Hall–Kier alpha value is -3.38. The molecule has 0 fully saturated rings. The number of fused-ring (bicyclic) bond motifs is 3. The van der Waals surface area contributed by atoms with Crippen LogP contribution in [0.2, 0.25) is 0 Å². The van der Waals surface area contributed by atoms with Gasteiger partial charge in [0.25, 0.3) is 5.91 Å². The van der Waals surface area contributed by atoms with Crippen LogP contribution in [0.25, 0.3) is 5.57 Å². The van der Waals surface area contributed by atoms with E-state index in [0.717, 1.165) is 28.2 Å². The number of aromatic amines is 1. The normalized spacial score (nSPS) is 19.3. The van der Waals surface area contributed by atoms with Gasteiger partial charge in [-0.25, -0.2) is 5.01 Å². The summed E-state index contributed by atoms with van der Waals surface area (Å²) in [6.45, 7) is 0. The number of amides is 1. The highest BCUT2D eigenvalue weighted by molar-refractivity contribution is 6.05. The topological polar surface area (TPSA) is 64.3 Å². The van der Waals surface area contributed by atoms with E-state index in [-0.39, 0.29) is 11.9 Å². The summed E-state index contributed by atoms with van der Waals surface area (Å²) in [5.41, 5.74) is 4.69. The molecule has 3 aromatic rings. The summed E-state index contributed by atoms with van der Waals surface area (Å²) in [6, 6.07) is 17.9. The van der Waals surface area contributed by atoms with Crippen molar-refractivity contribution in [3.8, 4) is 0 Å². The molecule has 2 aromatic carbocycles. The van der Waals surface area contributed by atoms with Crippen molar-refractivity contribution in [3.05, 3.63) is 89.5 Å². The molecule has 0 saturated carbocycles. The Labute approximate surface area is 150 Å². The average Bonchev–Trinajstić information content (AvgIpc) is 3.29. The zero-order valence-corrected chi connectivity index (χ0v) is 14.2. The van der Waals surface area contributed by atoms with E-state index in [2.05, 4.69) is 37.7 Å². The summed E-state index contributed by atoms with van der Waals surface area (Å²) in [5.74, 6) is 0.696. The number of hydrazine groups is 1. The maximum atomic E-state index is 12.7. The number of para-hydroxylation sites is 1. The van der Waals surface area contributed by atoms with Crippen LogP contribution in [0.15, 0.2) is 72.8 Å². The molecule has 3 heterocycles. The maximum Gasteiger partial charge on any atom is 0.258 e. The van der Waals surface area contributed by atoms with Crippen molar-refractivity contribution < 1.29 is 4.79 Å². The number of hydrogen-bond acceptors (Lipinski definition) is 4. The Morgan fingerprint density at radius 3 is 2.58 bits per heavy atom. The lowest BCUT2D eigenvalue weighted by molar-refractivity contribution is 0.0956. The minimum atomic E-state index is -0.0880. The number of anilines is 1. The van der Waals surface area contributed by atoms with Crippen LogP contribution in [0.1, 0.15) is 27.5 Å². The summed E-state index contributed by atoms with van der Waals surface area (Å²) < 4.78 is 0. The number of carbonyl (C=O) groups excluding carboxylic acids is 1. The fourth-order valence-corrected chi connectivity index (χ4v) is 3.85. The van der Waals surface area contributed by atoms with Crippen LogP contribution in [-0.4, -0.2) is 28.2 Å². The lowest BCUT2D eigenvalue weighted by atomic mass is 9.95. The van der Waals surface area contributed by atoms with Gasteiger partial charge in [0.05, 0.1) is 23.5 Å². The first-order valence-corrected chi connectivity index (χ1v) is 8.47. The van der Waals surface area contributed by atoms with Gasteiger partial charge in [0.15, 0.2) is 0 Å². The lowest BCUT2D eigenvalue weighted by Crippen LogP contribution is -2.45. The zero-order chi connectivity index (χ0) is 17.7. The maximum absolute atomic E-state index is 12.7. The van der Waals surface area contributed by atoms with Crippen LogP contribution in [0.4, 0.5) is 5.69 Å². The molecule has 5 rings (SSSR count). The number of likely N-dealkylation sites (N-methyl/N-ethyl adjacent to an activating group) is 1. The fourth-order valence-electron chi connectivity index (χ4n) is 3.85. The van der Waals surface area contributed by atoms with Crippen LogP contribution in [0.5, 0.6) is 0 Å². The molecule has 2 aliphatic rings. The predicted molar refractivity (Wildman–Crippen MR) is 98.8 cm³/mol. The number of aromatic nitrogens is 2. The molecular formula is C20H17N5O. The van der Waals surface area contributed by atoms with E-state index in [1.807, 2.05) is 55.7 Å². The molecule has 0 spiro atoms. The first-order chi connectivity index (χ1) is 12.8. The van der Waals surface area contributed by atoms with E-state index in [0.29, 0.717) is 5.56 Å². The summed E-state index contributed by atoms with van der Waals surface area (Å²) >= 11 is 0. The first kappa shape index (κ1) is 14.9. The second kappa shape index (κ2) is 5.57. The lowest BCUT2D eigenvalue weighted by Gasteiger charge is -2.36. The molecule has 6 heteroatoms. The van der Waals surface area contributed by atoms with Crippen LogP contribution < -0.4 is 10.3 Å². The van der Waals surface area contributed by atoms with E-state index in [1.54, 1.807) is 6.20 Å². The van der Waals surface area contributed by atoms with Gasteiger partial charge in [0, 0.05) is 24.4 Å². The Balaban J connectivity index is 1.77. The van der Waals surface area contributed by atoms with Gasteiger partial charge in [0.1, 0.15) is 5.82 Å². The van der Waals surface area contributed by atoms with Gasteiger partial charge < -0.3 is 5.32 Å². The number of hydrogen-bond donors (Lipinski definition) is 2. The molecule has 128 valence electrons. The van der Waals surface area contributed by atoms with Crippen LogP contribution in [0, 0.1) is 0 Å². The molecule has 6 nitrogen and oxygen atoms in total. The van der Waals surface area contributed by atoms with E-state index in [1.165, 1.54) is 0 Å². The van der Waals surface area contributed by atoms with E-state index in [9.17, 15) is 4.79 Å². The Morgan fingerprint density at radius 2 is 1.81 bits per heavy atom. The minimum absolute atomic E-state index is 0.0322. The number of benzene rings is 2. The molecule has 1 aromatic heterocycles. The Kier molecular flexibility index (Phi) is 3.20. The molecule has 2 N–H and O–H groups in total. The van der Waals surface area contributed by atoms with Crippen LogP contribution in [0.3, 0.4) is 0 Å². The highest BCUT2D eigenvalue weighted by Gasteiger charge is 2.43. The molecule has 26 heavy (non-hydrogen) atoms. The predicted octanol–water partition coefficient (Wildman–Crippen LogP) is 2.93. The zero-order valence-electron chi connectivity index (χ0n) is 14.2. The van der Waals surface area contributed by atoms with Gasteiger partial charge in [-0.3, -0.25) is 14.9 Å². The first-order valence-electron chi connectivity index (χ1n) is 8.47. The van der Waals surface area contributed by atoms with Gasteiger partial charge in [-0.2, -0.15) is 5.10 Å². The van der Waals surface area contributed by atoms with Gasteiger partial charge in [-0.1, -0.05) is 42.5 Å².